The lowest BCUT2D eigenvalue weighted by Crippen LogP contribution is -1.91. The minimum atomic E-state index is 0.600. The molecule has 4 N–H and O–H groups in total. The summed E-state index contributed by atoms with van der Waals surface area (Å²) in [5.41, 5.74) is 13.3. The molecule has 2 aromatic carbocycles. The van der Waals surface area contributed by atoms with E-state index >= 15 is 0 Å². The largest absolute Gasteiger partial charge is 0.399 e. The van der Waals surface area contributed by atoms with Crippen molar-refractivity contribution in [3.05, 3.63) is 41.7 Å². The summed E-state index contributed by atoms with van der Waals surface area (Å²) in [6.07, 6.45) is 0. The first-order chi connectivity index (χ1) is 6.70. The monoisotopic (exact) mass is 183 g/mol. The van der Waals surface area contributed by atoms with Gasteiger partial charge in [-0.2, -0.15) is 0 Å². The molecule has 0 spiro atoms. The summed E-state index contributed by atoms with van der Waals surface area (Å²) in [7, 11) is 0. The molecular formula is C11H9N3. The third-order valence-electron chi connectivity index (χ3n) is 2.12. The lowest BCUT2D eigenvalue weighted by Gasteiger charge is -2.03. The van der Waals surface area contributed by atoms with Gasteiger partial charge in [0, 0.05) is 16.8 Å². The first kappa shape index (κ1) is 8.39. The fraction of sp³-hybridized carbons (Fsp3) is 0. The summed E-state index contributed by atoms with van der Waals surface area (Å²) >= 11 is 0. The van der Waals surface area contributed by atoms with Gasteiger partial charge in [-0.05, 0) is 23.6 Å². The van der Waals surface area contributed by atoms with Crippen LogP contribution in [-0.4, -0.2) is 0 Å². The zero-order valence-corrected chi connectivity index (χ0v) is 7.49. The molecule has 0 fully saturated rings. The Bertz CT molecular complexity index is 538. The van der Waals surface area contributed by atoms with Crippen LogP contribution in [0.2, 0.25) is 0 Å². The van der Waals surface area contributed by atoms with Gasteiger partial charge < -0.3 is 11.5 Å². The van der Waals surface area contributed by atoms with E-state index in [1.54, 1.807) is 18.2 Å². The second-order valence-corrected chi connectivity index (χ2v) is 3.13. The summed E-state index contributed by atoms with van der Waals surface area (Å²) in [5, 5.41) is 1.85. The van der Waals surface area contributed by atoms with Crippen molar-refractivity contribution in [3.63, 3.8) is 0 Å². The van der Waals surface area contributed by atoms with Gasteiger partial charge >= 0.3 is 0 Å². The Kier molecular flexibility index (Phi) is 1.76. The normalized spacial score (nSPS) is 9.93. The number of nitrogens with zero attached hydrogens (tertiary/aromatic N) is 1. The quantitative estimate of drug-likeness (QED) is 0.487. The van der Waals surface area contributed by atoms with Gasteiger partial charge in [-0.1, -0.05) is 12.1 Å². The molecule has 0 saturated carbocycles. The van der Waals surface area contributed by atoms with Crippen molar-refractivity contribution in [2.75, 3.05) is 11.5 Å². The van der Waals surface area contributed by atoms with Crippen LogP contribution in [0.5, 0.6) is 0 Å². The zero-order chi connectivity index (χ0) is 10.1. The van der Waals surface area contributed by atoms with Gasteiger partial charge in [0.25, 0.3) is 0 Å². The van der Waals surface area contributed by atoms with Crippen LogP contribution in [0.25, 0.3) is 15.6 Å². The molecule has 68 valence electrons. The van der Waals surface area contributed by atoms with Gasteiger partial charge in [0.1, 0.15) is 0 Å². The predicted octanol–water partition coefficient (Wildman–Crippen LogP) is 2.55. The van der Waals surface area contributed by atoms with Crippen LogP contribution < -0.4 is 11.5 Å². The molecule has 2 rings (SSSR count). The molecule has 0 aliphatic carbocycles. The molecule has 0 aliphatic rings. The number of rotatable bonds is 0. The Morgan fingerprint density at radius 1 is 1.07 bits per heavy atom. The second-order valence-electron chi connectivity index (χ2n) is 3.13. The maximum atomic E-state index is 6.89. The molecule has 2 aromatic rings. The van der Waals surface area contributed by atoms with Gasteiger partial charge in [0.2, 0.25) is 0 Å². The van der Waals surface area contributed by atoms with E-state index in [0.29, 0.717) is 17.1 Å². The van der Waals surface area contributed by atoms with Gasteiger partial charge in [-0.3, -0.25) is 0 Å². The fourth-order valence-electron chi connectivity index (χ4n) is 1.48. The molecule has 3 heteroatoms. The lowest BCUT2D eigenvalue weighted by atomic mass is 10.1. The SMILES string of the molecule is [C-]#[N+]c1ccc2c(N)cc(N)cc2c1. The van der Waals surface area contributed by atoms with Crippen LogP contribution in [0.1, 0.15) is 0 Å². The third kappa shape index (κ3) is 1.23. The summed E-state index contributed by atoms with van der Waals surface area (Å²) in [6, 6.07) is 8.93. The topological polar surface area (TPSA) is 56.4 Å². The van der Waals surface area contributed by atoms with Crippen LogP contribution in [0, 0.1) is 6.57 Å². The van der Waals surface area contributed by atoms with Crippen molar-refractivity contribution in [1.82, 2.24) is 0 Å². The Labute approximate surface area is 81.8 Å². The van der Waals surface area contributed by atoms with E-state index in [1.807, 2.05) is 12.1 Å². The summed E-state index contributed by atoms with van der Waals surface area (Å²) in [5.74, 6) is 0. The van der Waals surface area contributed by atoms with E-state index < -0.39 is 0 Å². The van der Waals surface area contributed by atoms with E-state index in [2.05, 4.69) is 4.85 Å². The average molecular weight is 183 g/mol. The number of hydrogen-bond acceptors (Lipinski definition) is 2. The molecule has 0 unspecified atom stereocenters. The highest BCUT2D eigenvalue weighted by atomic mass is 14.6. The highest BCUT2D eigenvalue weighted by molar-refractivity contribution is 5.97. The van der Waals surface area contributed by atoms with Crippen LogP contribution in [0.3, 0.4) is 0 Å². The van der Waals surface area contributed by atoms with Gasteiger partial charge in [0.15, 0.2) is 5.69 Å². The summed E-state index contributed by atoms with van der Waals surface area (Å²) < 4.78 is 0. The minimum Gasteiger partial charge on any atom is -0.399 e. The smallest absolute Gasteiger partial charge is 0.187 e. The van der Waals surface area contributed by atoms with E-state index in [4.69, 9.17) is 18.0 Å². The van der Waals surface area contributed by atoms with Crippen molar-refractivity contribution < 1.29 is 0 Å². The summed E-state index contributed by atoms with van der Waals surface area (Å²) in [4.78, 5) is 3.35. The van der Waals surface area contributed by atoms with Crippen molar-refractivity contribution >= 4 is 27.8 Å². The van der Waals surface area contributed by atoms with E-state index in [1.165, 1.54) is 0 Å². The van der Waals surface area contributed by atoms with Crippen molar-refractivity contribution in [3.8, 4) is 0 Å². The van der Waals surface area contributed by atoms with Gasteiger partial charge in [-0.25, -0.2) is 4.85 Å². The van der Waals surface area contributed by atoms with Gasteiger partial charge in [0.05, 0.1) is 6.57 Å². The van der Waals surface area contributed by atoms with E-state index in [0.717, 1.165) is 10.8 Å². The first-order valence-corrected chi connectivity index (χ1v) is 4.17. The summed E-state index contributed by atoms with van der Waals surface area (Å²) in [6.45, 7) is 6.89. The van der Waals surface area contributed by atoms with Crippen molar-refractivity contribution in [1.29, 1.82) is 0 Å². The maximum Gasteiger partial charge on any atom is 0.187 e. The molecule has 0 amide bonds. The lowest BCUT2D eigenvalue weighted by molar-refractivity contribution is 1.71. The molecule has 0 bridgehead atoms. The van der Waals surface area contributed by atoms with E-state index in [9.17, 15) is 0 Å². The predicted molar refractivity (Wildman–Crippen MR) is 59.0 cm³/mol. The second kappa shape index (κ2) is 2.93. The fourth-order valence-corrected chi connectivity index (χ4v) is 1.48. The number of fused-ring (bicyclic) bond motifs is 1. The minimum absolute atomic E-state index is 0.600. The molecule has 0 aromatic heterocycles. The van der Waals surface area contributed by atoms with Crippen LogP contribution in [-0.2, 0) is 0 Å². The maximum absolute atomic E-state index is 6.89. The molecule has 3 nitrogen and oxygen atoms in total. The number of hydrogen-bond donors (Lipinski definition) is 2. The molecule has 0 saturated heterocycles. The number of nitrogens with two attached hydrogens (primary N) is 2. The van der Waals surface area contributed by atoms with Gasteiger partial charge in [-0.15, -0.1) is 0 Å². The Balaban J connectivity index is 2.83. The molecular weight excluding hydrogens is 174 g/mol. The highest BCUT2D eigenvalue weighted by Crippen LogP contribution is 2.27. The molecule has 14 heavy (non-hydrogen) atoms. The molecule has 0 radical (unpaired) electrons. The average Bonchev–Trinajstić information content (AvgIpc) is 2.16. The van der Waals surface area contributed by atoms with Crippen molar-refractivity contribution in [2.24, 2.45) is 0 Å². The zero-order valence-electron chi connectivity index (χ0n) is 7.49. The Morgan fingerprint density at radius 2 is 1.86 bits per heavy atom. The van der Waals surface area contributed by atoms with Crippen molar-refractivity contribution in [2.45, 2.75) is 0 Å². The third-order valence-corrected chi connectivity index (χ3v) is 2.12. The Morgan fingerprint density at radius 3 is 2.57 bits per heavy atom. The van der Waals surface area contributed by atoms with Crippen LogP contribution >= 0.6 is 0 Å². The number of anilines is 2. The first-order valence-electron chi connectivity index (χ1n) is 4.17. The molecule has 0 heterocycles. The van der Waals surface area contributed by atoms with Crippen LogP contribution in [0.4, 0.5) is 17.1 Å². The highest BCUT2D eigenvalue weighted by Gasteiger charge is 2.00. The molecule has 0 atom stereocenters. The van der Waals surface area contributed by atoms with Crippen LogP contribution in [0.15, 0.2) is 30.3 Å². The standard InChI is InChI=1S/C11H9N3/c1-14-9-2-3-10-7(5-9)4-8(12)6-11(10)13/h2-6H,12-13H2. The number of nitrogen functional groups attached to an aromatic ring is 2. The van der Waals surface area contributed by atoms with E-state index in [-0.39, 0.29) is 0 Å². The Hall–Kier alpha value is -2.21. The molecule has 0 aliphatic heterocycles. The number of benzene rings is 2.